The summed E-state index contributed by atoms with van der Waals surface area (Å²) in [6.07, 6.45) is 1.96. The van der Waals surface area contributed by atoms with Crippen molar-refractivity contribution in [2.24, 2.45) is 0 Å². The molecule has 0 unspecified atom stereocenters. The molecule has 0 aliphatic carbocycles. The van der Waals surface area contributed by atoms with Gasteiger partial charge in [-0.2, -0.15) is 0 Å². The molecule has 2 heterocycles. The standard InChI is InChI=1S/C10H13IN2O/c11-10-2-1-9(7-12-10)8-13-3-5-14-6-4-13/h1-2,7H,3-6,8H2. The van der Waals surface area contributed by atoms with Crippen LogP contribution in [-0.2, 0) is 11.3 Å². The second-order valence-corrected chi connectivity index (χ2v) is 4.48. The highest BCUT2D eigenvalue weighted by atomic mass is 127. The maximum Gasteiger partial charge on any atom is 0.101 e. The maximum atomic E-state index is 5.30. The van der Waals surface area contributed by atoms with Crippen LogP contribution >= 0.6 is 22.6 Å². The molecule has 1 fully saturated rings. The number of rotatable bonds is 2. The van der Waals surface area contributed by atoms with Gasteiger partial charge in [-0.15, -0.1) is 0 Å². The quantitative estimate of drug-likeness (QED) is 0.612. The number of aromatic nitrogens is 1. The van der Waals surface area contributed by atoms with Crippen LogP contribution in [0.3, 0.4) is 0 Å². The highest BCUT2D eigenvalue weighted by molar-refractivity contribution is 14.1. The molecule has 0 aromatic carbocycles. The van der Waals surface area contributed by atoms with Gasteiger partial charge in [0.25, 0.3) is 0 Å². The van der Waals surface area contributed by atoms with Crippen molar-refractivity contribution < 1.29 is 4.74 Å². The van der Waals surface area contributed by atoms with E-state index in [1.807, 2.05) is 6.20 Å². The summed E-state index contributed by atoms with van der Waals surface area (Å²) in [5.41, 5.74) is 1.28. The van der Waals surface area contributed by atoms with Crippen molar-refractivity contribution in [2.75, 3.05) is 26.3 Å². The molecule has 76 valence electrons. The number of ether oxygens (including phenoxy) is 1. The Hall–Kier alpha value is -0.200. The Morgan fingerprint density at radius 3 is 2.79 bits per heavy atom. The number of hydrogen-bond acceptors (Lipinski definition) is 3. The molecule has 0 amide bonds. The van der Waals surface area contributed by atoms with Gasteiger partial charge in [0.1, 0.15) is 3.70 Å². The molecule has 2 rings (SSSR count). The third-order valence-electron chi connectivity index (χ3n) is 2.30. The van der Waals surface area contributed by atoms with E-state index in [1.54, 1.807) is 0 Å². The van der Waals surface area contributed by atoms with Crippen LogP contribution in [-0.4, -0.2) is 36.2 Å². The maximum absolute atomic E-state index is 5.30. The lowest BCUT2D eigenvalue weighted by atomic mass is 10.2. The first-order valence-electron chi connectivity index (χ1n) is 4.75. The monoisotopic (exact) mass is 304 g/mol. The van der Waals surface area contributed by atoms with Gasteiger partial charge in [0.15, 0.2) is 0 Å². The number of nitrogens with zero attached hydrogens (tertiary/aromatic N) is 2. The minimum absolute atomic E-state index is 0.859. The molecule has 0 radical (unpaired) electrons. The normalized spacial score (nSPS) is 18.4. The van der Waals surface area contributed by atoms with Crippen LogP contribution in [0.4, 0.5) is 0 Å². The number of pyridine rings is 1. The van der Waals surface area contributed by atoms with Crippen molar-refractivity contribution >= 4 is 22.6 Å². The number of hydrogen-bond donors (Lipinski definition) is 0. The zero-order chi connectivity index (χ0) is 9.80. The summed E-state index contributed by atoms with van der Waals surface area (Å²) in [5, 5.41) is 0. The Bertz CT molecular complexity index is 283. The van der Waals surface area contributed by atoms with E-state index in [1.165, 1.54) is 5.56 Å². The van der Waals surface area contributed by atoms with Crippen LogP contribution in [0.5, 0.6) is 0 Å². The van der Waals surface area contributed by atoms with E-state index in [-0.39, 0.29) is 0 Å². The van der Waals surface area contributed by atoms with Crippen molar-refractivity contribution in [3.05, 3.63) is 27.6 Å². The van der Waals surface area contributed by atoms with Crippen LogP contribution in [0.25, 0.3) is 0 Å². The molecule has 1 aliphatic rings. The van der Waals surface area contributed by atoms with Crippen LogP contribution in [0.1, 0.15) is 5.56 Å². The van der Waals surface area contributed by atoms with Gasteiger partial charge >= 0.3 is 0 Å². The molecular weight excluding hydrogens is 291 g/mol. The van der Waals surface area contributed by atoms with Gasteiger partial charge in [-0.1, -0.05) is 6.07 Å². The lowest BCUT2D eigenvalue weighted by molar-refractivity contribution is 0.0341. The first-order chi connectivity index (χ1) is 6.84. The Labute approximate surface area is 97.6 Å². The third-order valence-corrected chi connectivity index (χ3v) is 2.94. The highest BCUT2D eigenvalue weighted by Crippen LogP contribution is 2.07. The van der Waals surface area contributed by atoms with Crippen molar-refractivity contribution in [2.45, 2.75) is 6.54 Å². The first kappa shape index (κ1) is 10.3. The minimum atomic E-state index is 0.859. The fourth-order valence-electron chi connectivity index (χ4n) is 1.52. The van der Waals surface area contributed by atoms with Crippen molar-refractivity contribution in [3.63, 3.8) is 0 Å². The fraction of sp³-hybridized carbons (Fsp3) is 0.500. The van der Waals surface area contributed by atoms with Crippen molar-refractivity contribution in [1.82, 2.24) is 9.88 Å². The largest absolute Gasteiger partial charge is 0.379 e. The molecule has 4 heteroatoms. The molecule has 1 aromatic heterocycles. The molecule has 3 nitrogen and oxygen atoms in total. The SMILES string of the molecule is Ic1ccc(CN2CCOCC2)cn1. The molecular formula is C10H13IN2O. The molecule has 0 spiro atoms. The average molecular weight is 304 g/mol. The van der Waals surface area contributed by atoms with E-state index in [2.05, 4.69) is 44.6 Å². The van der Waals surface area contributed by atoms with E-state index in [9.17, 15) is 0 Å². The fourth-order valence-corrected chi connectivity index (χ4v) is 1.84. The third kappa shape index (κ3) is 2.90. The smallest absolute Gasteiger partial charge is 0.101 e. The predicted octanol–water partition coefficient (Wildman–Crippen LogP) is 1.52. The molecule has 0 saturated carbocycles. The summed E-state index contributed by atoms with van der Waals surface area (Å²) in [5.74, 6) is 0. The summed E-state index contributed by atoms with van der Waals surface area (Å²) < 4.78 is 6.35. The van der Waals surface area contributed by atoms with E-state index in [0.29, 0.717) is 0 Å². The lowest BCUT2D eigenvalue weighted by Gasteiger charge is -2.26. The van der Waals surface area contributed by atoms with Crippen LogP contribution < -0.4 is 0 Å². The van der Waals surface area contributed by atoms with Crippen LogP contribution in [0.2, 0.25) is 0 Å². The summed E-state index contributed by atoms with van der Waals surface area (Å²) >= 11 is 2.22. The highest BCUT2D eigenvalue weighted by Gasteiger charge is 2.10. The zero-order valence-electron chi connectivity index (χ0n) is 7.95. The Morgan fingerprint density at radius 2 is 2.14 bits per heavy atom. The minimum Gasteiger partial charge on any atom is -0.379 e. The molecule has 0 bridgehead atoms. The van der Waals surface area contributed by atoms with Gasteiger partial charge in [-0.05, 0) is 34.2 Å². The molecule has 1 aliphatic heterocycles. The lowest BCUT2D eigenvalue weighted by Crippen LogP contribution is -2.35. The molecule has 14 heavy (non-hydrogen) atoms. The second kappa shape index (κ2) is 5.04. The topological polar surface area (TPSA) is 25.4 Å². The van der Waals surface area contributed by atoms with Gasteiger partial charge in [0.2, 0.25) is 0 Å². The average Bonchev–Trinajstić information content (AvgIpc) is 2.23. The zero-order valence-corrected chi connectivity index (χ0v) is 10.1. The number of halogens is 1. The molecule has 1 aromatic rings. The molecule has 0 atom stereocenters. The first-order valence-corrected chi connectivity index (χ1v) is 5.83. The van der Waals surface area contributed by atoms with Crippen LogP contribution in [0.15, 0.2) is 18.3 Å². The Kier molecular flexibility index (Phi) is 3.72. The van der Waals surface area contributed by atoms with E-state index in [0.717, 1.165) is 36.5 Å². The predicted molar refractivity (Wildman–Crippen MR) is 63.1 cm³/mol. The van der Waals surface area contributed by atoms with E-state index >= 15 is 0 Å². The van der Waals surface area contributed by atoms with Crippen molar-refractivity contribution in [3.8, 4) is 0 Å². The molecule has 0 N–H and O–H groups in total. The summed E-state index contributed by atoms with van der Waals surface area (Å²) in [4.78, 5) is 6.67. The van der Waals surface area contributed by atoms with Crippen LogP contribution in [0, 0.1) is 3.70 Å². The van der Waals surface area contributed by atoms with Gasteiger partial charge in [-0.3, -0.25) is 9.88 Å². The van der Waals surface area contributed by atoms with Gasteiger partial charge < -0.3 is 4.74 Å². The van der Waals surface area contributed by atoms with Gasteiger partial charge in [0, 0.05) is 25.8 Å². The van der Waals surface area contributed by atoms with E-state index < -0.39 is 0 Å². The summed E-state index contributed by atoms with van der Waals surface area (Å²) in [6.45, 7) is 4.78. The van der Waals surface area contributed by atoms with Gasteiger partial charge in [0.05, 0.1) is 13.2 Å². The Balaban J connectivity index is 1.92. The van der Waals surface area contributed by atoms with Gasteiger partial charge in [-0.25, -0.2) is 0 Å². The second-order valence-electron chi connectivity index (χ2n) is 3.38. The number of morpholine rings is 1. The Morgan fingerprint density at radius 1 is 1.36 bits per heavy atom. The summed E-state index contributed by atoms with van der Waals surface area (Å²) in [6, 6.07) is 4.20. The van der Waals surface area contributed by atoms with Crippen molar-refractivity contribution in [1.29, 1.82) is 0 Å². The molecule has 1 saturated heterocycles. The summed E-state index contributed by atoms with van der Waals surface area (Å²) in [7, 11) is 0. The van der Waals surface area contributed by atoms with E-state index in [4.69, 9.17) is 4.74 Å².